The minimum Gasteiger partial charge on any atom is -0.376 e. The summed E-state index contributed by atoms with van der Waals surface area (Å²) in [5.41, 5.74) is 5.71. The summed E-state index contributed by atoms with van der Waals surface area (Å²) in [5.74, 6) is -0.177. The van der Waals surface area contributed by atoms with Gasteiger partial charge < -0.3 is 14.8 Å². The van der Waals surface area contributed by atoms with Crippen molar-refractivity contribution in [2.24, 2.45) is 0 Å². The second kappa shape index (κ2) is 17.1. The Hall–Kier alpha value is -5.47. The number of fused-ring (bicyclic) bond motifs is 3. The average molecular weight is 789 g/mol. The summed E-state index contributed by atoms with van der Waals surface area (Å²) in [6.45, 7) is 3.89. The van der Waals surface area contributed by atoms with Crippen molar-refractivity contribution >= 4 is 50.0 Å². The van der Waals surface area contributed by atoms with Crippen LogP contribution in [-0.4, -0.2) is 72.6 Å². The minimum atomic E-state index is -4.45. The number of carbonyl (C=O) groups is 1. The number of nitrogens with one attached hydrogen (secondary N) is 2. The maximum atomic E-state index is 13.5. The molecule has 288 valence electrons. The van der Waals surface area contributed by atoms with E-state index in [4.69, 9.17) is 0 Å². The molecular formula is C43H44N6O5S2. The van der Waals surface area contributed by atoms with Gasteiger partial charge in [-0.25, -0.2) is 13.1 Å². The van der Waals surface area contributed by atoms with Crippen molar-refractivity contribution in [2.45, 2.75) is 41.9 Å². The Bertz CT molecular complexity index is 2460. The van der Waals surface area contributed by atoms with Crippen LogP contribution < -0.4 is 10.0 Å². The molecule has 0 fully saturated rings. The molecule has 56 heavy (non-hydrogen) atoms. The van der Waals surface area contributed by atoms with Gasteiger partial charge in [0.2, 0.25) is 0 Å². The summed E-state index contributed by atoms with van der Waals surface area (Å²) in [6, 6.07) is 39.5. The lowest BCUT2D eigenvalue weighted by atomic mass is 9.99. The molecule has 2 heterocycles. The molecule has 2 N–H and O–H groups in total. The number of hydrogen-bond donors (Lipinski definition) is 2. The molecule has 7 rings (SSSR count). The van der Waals surface area contributed by atoms with Gasteiger partial charge in [0, 0.05) is 71.1 Å². The van der Waals surface area contributed by atoms with Crippen LogP contribution in [0, 0.1) is 10.1 Å². The van der Waals surface area contributed by atoms with Gasteiger partial charge in [-0.1, -0.05) is 72.8 Å². The third kappa shape index (κ3) is 9.14. The van der Waals surface area contributed by atoms with Gasteiger partial charge in [-0.15, -0.1) is 11.8 Å². The molecule has 1 aliphatic rings. The van der Waals surface area contributed by atoms with E-state index in [0.717, 1.165) is 60.3 Å². The second-order valence-corrected chi connectivity index (χ2v) is 17.0. The minimum absolute atomic E-state index is 0.141. The fourth-order valence-corrected chi connectivity index (χ4v) is 9.07. The van der Waals surface area contributed by atoms with Gasteiger partial charge in [0.15, 0.2) is 0 Å². The number of nitro benzene ring substituents is 1. The summed E-state index contributed by atoms with van der Waals surface area (Å²) in [5, 5.41) is 16.3. The van der Waals surface area contributed by atoms with Gasteiger partial charge >= 0.3 is 0 Å². The number of hydrogen-bond acceptors (Lipinski definition) is 9. The first-order valence-electron chi connectivity index (χ1n) is 18.5. The average Bonchev–Trinajstić information content (AvgIpc) is 3.56. The van der Waals surface area contributed by atoms with Crippen molar-refractivity contribution in [3.8, 4) is 11.1 Å². The SMILES string of the molecule is CN(C)CC[C@H](CSc1ccccc1)Nc1ccc(S(=O)(=O)NC(=O)c2ccc3c(c2)cc2n3CCN(Cc3ccccc3-c3ccccc3)C2)cc1[N+](=O)[O-]. The molecule has 0 spiro atoms. The van der Waals surface area contributed by atoms with Gasteiger partial charge in [-0.05, 0) is 92.3 Å². The number of aromatic nitrogens is 1. The highest BCUT2D eigenvalue weighted by Crippen LogP contribution is 2.32. The Labute approximate surface area is 331 Å². The fourth-order valence-electron chi connectivity index (χ4n) is 7.08. The molecule has 0 bridgehead atoms. The Morgan fingerprint density at radius 2 is 1.62 bits per heavy atom. The molecule has 0 radical (unpaired) electrons. The summed E-state index contributed by atoms with van der Waals surface area (Å²) >= 11 is 1.64. The molecule has 5 aromatic carbocycles. The first kappa shape index (κ1) is 38.8. The molecule has 1 aromatic heterocycles. The number of carbonyl (C=O) groups excluding carboxylic acids is 1. The highest BCUT2D eigenvalue weighted by molar-refractivity contribution is 7.99. The first-order chi connectivity index (χ1) is 27.0. The number of sulfonamides is 1. The third-order valence-corrected chi connectivity index (χ3v) is 12.5. The molecule has 1 atom stereocenters. The van der Waals surface area contributed by atoms with E-state index in [2.05, 4.69) is 62.0 Å². The van der Waals surface area contributed by atoms with E-state index in [0.29, 0.717) is 12.2 Å². The fraction of sp³-hybridized carbons (Fsp3) is 0.233. The zero-order chi connectivity index (χ0) is 39.2. The maximum Gasteiger partial charge on any atom is 0.293 e. The van der Waals surface area contributed by atoms with Crippen molar-refractivity contribution in [3.05, 3.63) is 154 Å². The normalized spacial score (nSPS) is 13.7. The summed E-state index contributed by atoms with van der Waals surface area (Å²) < 4.78 is 31.4. The predicted octanol–water partition coefficient (Wildman–Crippen LogP) is 7.88. The van der Waals surface area contributed by atoms with Gasteiger partial charge in [0.05, 0.1) is 9.82 Å². The number of amides is 1. The van der Waals surface area contributed by atoms with Crippen LogP contribution in [0.1, 0.15) is 28.0 Å². The standard InChI is InChI=1S/C43H44N6O5S2/c1-46(2)22-21-35(30-55-37-14-7-4-8-15-37)44-40-19-18-38(27-42(40)49(51)52)56(53,54)45-43(50)32-17-20-41-34(25-32)26-36-29-47(23-24-48(36)41)28-33-13-9-10-16-39(33)31-11-5-3-6-12-31/h3-20,25-27,35,44H,21-24,28-30H2,1-2H3,(H,45,50)/t35-/m1/s1. The van der Waals surface area contributed by atoms with Crippen LogP contribution in [0.25, 0.3) is 22.0 Å². The number of rotatable bonds is 15. The van der Waals surface area contributed by atoms with Crippen LogP contribution in [0.15, 0.2) is 137 Å². The number of thioether (sulfide) groups is 1. The quantitative estimate of drug-likeness (QED) is 0.0607. The number of benzene rings is 5. The summed E-state index contributed by atoms with van der Waals surface area (Å²) in [7, 11) is -0.523. The maximum absolute atomic E-state index is 13.5. The van der Waals surface area contributed by atoms with Gasteiger partial charge in [-0.3, -0.25) is 19.8 Å². The van der Waals surface area contributed by atoms with Crippen LogP contribution in [0.2, 0.25) is 0 Å². The van der Waals surface area contributed by atoms with E-state index in [1.165, 1.54) is 28.8 Å². The summed E-state index contributed by atoms with van der Waals surface area (Å²) in [4.78, 5) is 30.2. The van der Waals surface area contributed by atoms with Crippen LogP contribution in [0.5, 0.6) is 0 Å². The van der Waals surface area contributed by atoms with Gasteiger partial charge in [0.1, 0.15) is 5.69 Å². The van der Waals surface area contributed by atoms with Crippen LogP contribution >= 0.6 is 11.8 Å². The number of nitrogens with zero attached hydrogens (tertiary/aromatic N) is 4. The topological polar surface area (TPSA) is 130 Å². The van der Waals surface area contributed by atoms with Crippen molar-refractivity contribution in [1.29, 1.82) is 0 Å². The van der Waals surface area contributed by atoms with E-state index in [9.17, 15) is 23.3 Å². The number of nitro groups is 1. The molecule has 6 aromatic rings. The van der Waals surface area contributed by atoms with Gasteiger partial charge in [-0.2, -0.15) is 0 Å². The van der Waals surface area contributed by atoms with Crippen LogP contribution in [0.3, 0.4) is 0 Å². The van der Waals surface area contributed by atoms with Crippen molar-refractivity contribution < 1.29 is 18.1 Å². The molecule has 1 aliphatic heterocycles. The number of anilines is 1. The van der Waals surface area contributed by atoms with Crippen molar-refractivity contribution in [3.63, 3.8) is 0 Å². The lowest BCUT2D eigenvalue weighted by Gasteiger charge is -2.29. The molecule has 0 aliphatic carbocycles. The molecular weight excluding hydrogens is 745 g/mol. The second-order valence-electron chi connectivity index (χ2n) is 14.2. The molecule has 0 unspecified atom stereocenters. The molecule has 1 amide bonds. The van der Waals surface area contributed by atoms with E-state index >= 15 is 0 Å². The first-order valence-corrected chi connectivity index (χ1v) is 20.9. The summed E-state index contributed by atoms with van der Waals surface area (Å²) in [6.07, 6.45) is 0.705. The molecule has 0 saturated carbocycles. The Balaban J connectivity index is 1.04. The lowest BCUT2D eigenvalue weighted by Crippen LogP contribution is -2.33. The zero-order valence-corrected chi connectivity index (χ0v) is 32.9. The largest absolute Gasteiger partial charge is 0.376 e. The van der Waals surface area contributed by atoms with Crippen molar-refractivity contribution in [1.82, 2.24) is 19.1 Å². The zero-order valence-electron chi connectivity index (χ0n) is 31.3. The van der Waals surface area contributed by atoms with E-state index < -0.39 is 26.5 Å². The highest BCUT2D eigenvalue weighted by atomic mass is 32.2. The third-order valence-electron chi connectivity index (χ3n) is 9.95. The highest BCUT2D eigenvalue weighted by Gasteiger charge is 2.26. The van der Waals surface area contributed by atoms with E-state index in [1.54, 1.807) is 23.9 Å². The predicted molar refractivity (Wildman–Crippen MR) is 223 cm³/mol. The molecule has 0 saturated heterocycles. The Morgan fingerprint density at radius 1 is 0.893 bits per heavy atom. The van der Waals surface area contributed by atoms with E-state index in [-0.39, 0.29) is 22.2 Å². The van der Waals surface area contributed by atoms with Crippen LogP contribution in [0.4, 0.5) is 11.4 Å². The Morgan fingerprint density at radius 3 is 2.38 bits per heavy atom. The molecule has 13 heteroatoms. The molecule has 11 nitrogen and oxygen atoms in total. The smallest absolute Gasteiger partial charge is 0.293 e. The monoisotopic (exact) mass is 788 g/mol. The van der Waals surface area contributed by atoms with E-state index in [1.807, 2.05) is 73.6 Å². The van der Waals surface area contributed by atoms with Crippen LogP contribution in [-0.2, 0) is 29.7 Å². The lowest BCUT2D eigenvalue weighted by molar-refractivity contribution is -0.384. The van der Waals surface area contributed by atoms with Gasteiger partial charge in [0.25, 0.3) is 21.6 Å². The van der Waals surface area contributed by atoms with Crippen molar-refractivity contribution in [2.75, 3.05) is 38.3 Å². The Kier molecular flexibility index (Phi) is 11.9.